The zero-order valence-corrected chi connectivity index (χ0v) is 23.0. The Balaban J connectivity index is 1.81. The molecule has 2 aromatic rings. The molecule has 0 spiro atoms. The number of ether oxygens (including phenoxy) is 3. The van der Waals surface area contributed by atoms with Crippen molar-refractivity contribution < 1.29 is 28.6 Å². The Morgan fingerprint density at radius 1 is 1.03 bits per heavy atom. The number of nitrogens with zero attached hydrogens (tertiary/aromatic N) is 3. The number of esters is 1. The summed E-state index contributed by atoms with van der Waals surface area (Å²) in [7, 11) is 0. The Bertz CT molecular complexity index is 1110. The van der Waals surface area contributed by atoms with Crippen LogP contribution in [0.3, 0.4) is 0 Å². The van der Waals surface area contributed by atoms with Crippen LogP contribution in [0.2, 0.25) is 0 Å². The first-order chi connectivity index (χ1) is 17.2. The average molecular weight is 515 g/mol. The van der Waals surface area contributed by atoms with Crippen LogP contribution in [0.5, 0.6) is 0 Å². The van der Waals surface area contributed by atoms with Gasteiger partial charge in [0.2, 0.25) is 0 Å². The summed E-state index contributed by atoms with van der Waals surface area (Å²) in [5.74, 6) is -0.449. The highest BCUT2D eigenvalue weighted by Gasteiger charge is 2.40. The lowest BCUT2D eigenvalue weighted by Crippen LogP contribution is -2.47. The Kier molecular flexibility index (Phi) is 8.29. The summed E-state index contributed by atoms with van der Waals surface area (Å²) >= 11 is 0. The third-order valence-electron chi connectivity index (χ3n) is 5.72. The van der Waals surface area contributed by atoms with Crippen molar-refractivity contribution in [3.8, 4) is 11.3 Å². The van der Waals surface area contributed by atoms with Gasteiger partial charge < -0.3 is 14.2 Å². The minimum Gasteiger partial charge on any atom is -0.461 e. The maximum atomic E-state index is 12.9. The van der Waals surface area contributed by atoms with Crippen molar-refractivity contribution in [3.63, 3.8) is 0 Å². The van der Waals surface area contributed by atoms with Crippen molar-refractivity contribution in [1.29, 1.82) is 0 Å². The van der Waals surface area contributed by atoms with Gasteiger partial charge in [-0.3, -0.25) is 10.1 Å². The summed E-state index contributed by atoms with van der Waals surface area (Å²) in [5.41, 5.74) is 1.56. The van der Waals surface area contributed by atoms with E-state index in [1.807, 2.05) is 25.1 Å². The van der Waals surface area contributed by atoms with Gasteiger partial charge in [0.25, 0.3) is 0 Å². The lowest BCUT2D eigenvalue weighted by Gasteiger charge is -2.38. The molecule has 1 saturated carbocycles. The minimum atomic E-state index is -0.755. The molecule has 1 N–H and O–H groups in total. The molecule has 10 heteroatoms. The molecule has 0 aromatic carbocycles. The summed E-state index contributed by atoms with van der Waals surface area (Å²) in [5, 5.41) is 7.30. The summed E-state index contributed by atoms with van der Waals surface area (Å²) < 4.78 is 16.1. The van der Waals surface area contributed by atoms with Crippen LogP contribution in [-0.4, -0.2) is 62.6 Å². The predicted molar refractivity (Wildman–Crippen MR) is 137 cm³/mol. The molecule has 2 amide bonds. The normalized spacial score (nSPS) is 17.5. The first-order valence-electron chi connectivity index (χ1n) is 12.6. The van der Waals surface area contributed by atoms with Crippen LogP contribution in [0.4, 0.5) is 9.59 Å². The van der Waals surface area contributed by atoms with Crippen molar-refractivity contribution in [2.75, 3.05) is 13.2 Å². The molecule has 0 saturated heterocycles. The summed E-state index contributed by atoms with van der Waals surface area (Å²) in [4.78, 5) is 44.0. The SMILES string of the molecule is CCOC(=O)c1n[nH]c(C2CC(CN(C(=O)OC(C)(C)C)C(=O)OC(C)(C)C)C2)c1-c1cccc(C)n1. The molecule has 37 heavy (non-hydrogen) atoms. The molecule has 10 nitrogen and oxygen atoms in total. The van der Waals surface area contributed by atoms with Crippen LogP contribution < -0.4 is 0 Å². The number of aryl methyl sites for hydroxylation is 1. The van der Waals surface area contributed by atoms with E-state index in [0.717, 1.165) is 16.3 Å². The number of H-pyrrole nitrogens is 1. The second-order valence-electron chi connectivity index (χ2n) is 11.4. The number of rotatable bonds is 6. The highest BCUT2D eigenvalue weighted by molar-refractivity contribution is 5.95. The number of aromatic amines is 1. The van der Waals surface area contributed by atoms with E-state index in [4.69, 9.17) is 14.2 Å². The molecule has 0 aliphatic heterocycles. The monoisotopic (exact) mass is 514 g/mol. The van der Waals surface area contributed by atoms with Crippen molar-refractivity contribution in [2.24, 2.45) is 5.92 Å². The van der Waals surface area contributed by atoms with E-state index in [9.17, 15) is 14.4 Å². The smallest absolute Gasteiger partial charge is 0.419 e. The zero-order valence-electron chi connectivity index (χ0n) is 23.0. The fraction of sp³-hybridized carbons (Fsp3) is 0.593. The fourth-order valence-electron chi connectivity index (χ4n) is 4.18. The molecule has 2 aromatic heterocycles. The molecule has 0 unspecified atom stereocenters. The van der Waals surface area contributed by atoms with Gasteiger partial charge in [-0.15, -0.1) is 0 Å². The number of imide groups is 1. The first kappa shape index (κ1) is 28.1. The number of hydrogen-bond acceptors (Lipinski definition) is 8. The number of amides is 2. The molecule has 0 atom stereocenters. The molecule has 3 rings (SSSR count). The second-order valence-corrected chi connectivity index (χ2v) is 11.4. The van der Waals surface area contributed by atoms with Crippen LogP contribution in [-0.2, 0) is 14.2 Å². The van der Waals surface area contributed by atoms with E-state index < -0.39 is 29.4 Å². The quantitative estimate of drug-likeness (QED) is 0.389. The van der Waals surface area contributed by atoms with Gasteiger partial charge in [0.05, 0.1) is 17.9 Å². The van der Waals surface area contributed by atoms with Crippen LogP contribution in [0, 0.1) is 12.8 Å². The first-order valence-corrected chi connectivity index (χ1v) is 12.6. The third kappa shape index (κ3) is 7.30. The topological polar surface area (TPSA) is 124 Å². The van der Waals surface area contributed by atoms with Crippen LogP contribution >= 0.6 is 0 Å². The molecule has 1 aliphatic rings. The van der Waals surface area contributed by atoms with E-state index >= 15 is 0 Å². The third-order valence-corrected chi connectivity index (χ3v) is 5.72. The van der Waals surface area contributed by atoms with Gasteiger partial charge in [-0.2, -0.15) is 5.10 Å². The number of carbonyl (C=O) groups excluding carboxylic acids is 3. The fourth-order valence-corrected chi connectivity index (χ4v) is 4.18. The van der Waals surface area contributed by atoms with E-state index in [2.05, 4.69) is 15.2 Å². The van der Waals surface area contributed by atoms with Gasteiger partial charge in [-0.1, -0.05) is 6.07 Å². The van der Waals surface area contributed by atoms with E-state index in [1.165, 1.54) is 0 Å². The molecular weight excluding hydrogens is 476 g/mol. The molecule has 0 bridgehead atoms. The second kappa shape index (κ2) is 10.9. The summed E-state index contributed by atoms with van der Waals surface area (Å²) in [6.45, 7) is 14.5. The van der Waals surface area contributed by atoms with Crippen LogP contribution in [0.25, 0.3) is 11.3 Å². The Hall–Kier alpha value is -3.43. The van der Waals surface area contributed by atoms with Gasteiger partial charge in [0, 0.05) is 23.9 Å². The average Bonchev–Trinajstić information content (AvgIpc) is 3.15. The van der Waals surface area contributed by atoms with E-state index in [-0.39, 0.29) is 30.7 Å². The van der Waals surface area contributed by atoms with Crippen molar-refractivity contribution in [1.82, 2.24) is 20.1 Å². The number of hydrogen-bond donors (Lipinski definition) is 1. The number of nitrogens with one attached hydrogen (secondary N) is 1. The largest absolute Gasteiger partial charge is 0.461 e. The maximum Gasteiger partial charge on any atom is 0.419 e. The molecule has 1 fully saturated rings. The van der Waals surface area contributed by atoms with Crippen LogP contribution in [0.15, 0.2) is 18.2 Å². The Labute approximate surface area is 218 Å². The Morgan fingerprint density at radius 2 is 1.62 bits per heavy atom. The van der Waals surface area contributed by atoms with Crippen molar-refractivity contribution >= 4 is 18.2 Å². The molecule has 1 aliphatic carbocycles. The van der Waals surface area contributed by atoms with Gasteiger partial charge in [0.1, 0.15) is 11.2 Å². The Morgan fingerprint density at radius 3 is 2.14 bits per heavy atom. The van der Waals surface area contributed by atoms with E-state index in [0.29, 0.717) is 24.1 Å². The number of carbonyl (C=O) groups is 3. The minimum absolute atomic E-state index is 0.0256. The predicted octanol–water partition coefficient (Wildman–Crippen LogP) is 5.62. The molecule has 2 heterocycles. The van der Waals surface area contributed by atoms with Gasteiger partial charge >= 0.3 is 18.2 Å². The van der Waals surface area contributed by atoms with E-state index in [1.54, 1.807) is 48.5 Å². The molecule has 0 radical (unpaired) electrons. The number of aromatic nitrogens is 3. The summed E-state index contributed by atoms with van der Waals surface area (Å²) in [6, 6.07) is 5.61. The standard InChI is InChI=1S/C27H38N4O6/c1-9-35-23(32)22-20(19-12-10-11-16(2)28-19)21(29-30-22)18-13-17(14-18)15-31(24(33)36-26(3,4)5)25(34)37-27(6,7)8/h10-12,17-18H,9,13-15H2,1-8H3,(H,29,30). The van der Waals surface area contributed by atoms with Gasteiger partial charge in [-0.05, 0) is 86.3 Å². The number of pyridine rings is 1. The highest BCUT2D eigenvalue weighted by atomic mass is 16.6. The zero-order chi connectivity index (χ0) is 27.5. The van der Waals surface area contributed by atoms with Gasteiger partial charge in [0.15, 0.2) is 5.69 Å². The van der Waals surface area contributed by atoms with Crippen LogP contribution in [0.1, 0.15) is 89.1 Å². The molecule has 202 valence electrons. The van der Waals surface area contributed by atoms with Crippen molar-refractivity contribution in [3.05, 3.63) is 35.3 Å². The summed E-state index contributed by atoms with van der Waals surface area (Å²) in [6.07, 6.45) is -0.126. The highest BCUT2D eigenvalue weighted by Crippen LogP contribution is 2.45. The van der Waals surface area contributed by atoms with Crippen molar-refractivity contribution in [2.45, 2.75) is 85.4 Å². The maximum absolute atomic E-state index is 12.9. The molecular formula is C27H38N4O6. The lowest BCUT2D eigenvalue weighted by molar-refractivity contribution is -0.00483. The lowest BCUT2D eigenvalue weighted by atomic mass is 9.72. The van der Waals surface area contributed by atoms with Gasteiger partial charge in [-0.25, -0.2) is 19.3 Å².